The van der Waals surface area contributed by atoms with Gasteiger partial charge < -0.3 is 21.1 Å². The van der Waals surface area contributed by atoms with E-state index in [1.165, 1.54) is 0 Å². The van der Waals surface area contributed by atoms with Gasteiger partial charge in [-0.25, -0.2) is 0 Å². The van der Waals surface area contributed by atoms with Gasteiger partial charge in [0.05, 0.1) is 0 Å². The van der Waals surface area contributed by atoms with Crippen LogP contribution in [-0.2, 0) is 16.1 Å². The van der Waals surface area contributed by atoms with Crippen molar-refractivity contribution in [3.63, 3.8) is 0 Å². The van der Waals surface area contributed by atoms with Crippen LogP contribution in [0.4, 0.5) is 0 Å². The monoisotopic (exact) mass is 291 g/mol. The summed E-state index contributed by atoms with van der Waals surface area (Å²) in [6, 6.07) is 7.01. The third kappa shape index (κ3) is 4.75. The Bertz CT molecular complexity index is 515. The molecule has 0 aliphatic heterocycles. The largest absolute Gasteiger partial charge is 0.483 e. The number of hydrogen-bond acceptors (Lipinski definition) is 4. The molecule has 1 saturated carbocycles. The van der Waals surface area contributed by atoms with Crippen LogP contribution in [0.2, 0.25) is 0 Å². The Balaban J connectivity index is 1.77. The molecule has 1 aromatic carbocycles. The Morgan fingerprint density at radius 1 is 1.38 bits per heavy atom. The van der Waals surface area contributed by atoms with Crippen molar-refractivity contribution in [3.8, 4) is 5.75 Å². The van der Waals surface area contributed by atoms with Gasteiger partial charge in [-0.2, -0.15) is 0 Å². The first-order chi connectivity index (χ1) is 10.1. The molecule has 0 heterocycles. The van der Waals surface area contributed by atoms with E-state index in [4.69, 9.17) is 10.5 Å². The van der Waals surface area contributed by atoms with Crippen molar-refractivity contribution in [1.82, 2.24) is 10.6 Å². The second kappa shape index (κ2) is 7.08. The molecule has 2 rings (SSSR count). The minimum Gasteiger partial charge on any atom is -0.483 e. The normalized spacial score (nSPS) is 15.1. The predicted octanol–water partition coefficient (Wildman–Crippen LogP) is 0.307. The van der Waals surface area contributed by atoms with E-state index in [-0.39, 0.29) is 24.5 Å². The lowest BCUT2D eigenvalue weighted by Crippen LogP contribution is -2.46. The third-order valence-corrected chi connectivity index (χ3v) is 3.25. The Morgan fingerprint density at radius 2 is 2.10 bits per heavy atom. The molecule has 6 nitrogen and oxygen atoms in total. The van der Waals surface area contributed by atoms with E-state index in [1.54, 1.807) is 13.0 Å². The maximum Gasteiger partial charge on any atom is 0.258 e. The molecule has 2 amide bonds. The number of carbonyl (C=O) groups excluding carboxylic acids is 2. The van der Waals surface area contributed by atoms with E-state index in [2.05, 4.69) is 10.6 Å². The van der Waals surface area contributed by atoms with Gasteiger partial charge in [-0.05, 0) is 25.8 Å². The zero-order valence-corrected chi connectivity index (χ0v) is 12.1. The minimum atomic E-state index is -0.563. The molecule has 0 bridgehead atoms. The summed E-state index contributed by atoms with van der Waals surface area (Å²) in [5.41, 5.74) is 6.43. The second-order valence-corrected chi connectivity index (χ2v) is 5.17. The number of rotatable bonds is 7. The van der Waals surface area contributed by atoms with Crippen molar-refractivity contribution in [1.29, 1.82) is 0 Å². The molecule has 6 heteroatoms. The molecule has 0 saturated heterocycles. The van der Waals surface area contributed by atoms with Crippen LogP contribution in [0.1, 0.15) is 25.3 Å². The highest BCUT2D eigenvalue weighted by Crippen LogP contribution is 2.18. The number of ether oxygens (including phenoxy) is 1. The highest BCUT2D eigenvalue weighted by Gasteiger charge is 2.26. The molecule has 0 radical (unpaired) electrons. The average molecular weight is 291 g/mol. The van der Waals surface area contributed by atoms with Crippen LogP contribution in [0.25, 0.3) is 0 Å². The maximum atomic E-state index is 11.8. The van der Waals surface area contributed by atoms with E-state index in [9.17, 15) is 9.59 Å². The van der Waals surface area contributed by atoms with Crippen LogP contribution >= 0.6 is 0 Å². The van der Waals surface area contributed by atoms with Crippen molar-refractivity contribution < 1.29 is 14.3 Å². The molecule has 1 aromatic rings. The number of benzene rings is 1. The molecule has 21 heavy (non-hydrogen) atoms. The molecule has 1 aliphatic carbocycles. The molecule has 1 aliphatic rings. The predicted molar refractivity (Wildman–Crippen MR) is 78.6 cm³/mol. The Kier molecular flexibility index (Phi) is 5.16. The summed E-state index contributed by atoms with van der Waals surface area (Å²) in [7, 11) is 0. The summed E-state index contributed by atoms with van der Waals surface area (Å²) in [4.78, 5) is 23.5. The van der Waals surface area contributed by atoms with Crippen LogP contribution in [0.15, 0.2) is 24.3 Å². The van der Waals surface area contributed by atoms with E-state index in [0.717, 1.165) is 18.4 Å². The molecule has 0 aromatic heterocycles. The van der Waals surface area contributed by atoms with Gasteiger partial charge in [-0.1, -0.05) is 18.2 Å². The van der Waals surface area contributed by atoms with Crippen molar-refractivity contribution >= 4 is 11.8 Å². The van der Waals surface area contributed by atoms with Crippen LogP contribution in [0.5, 0.6) is 5.75 Å². The van der Waals surface area contributed by atoms with E-state index < -0.39 is 6.04 Å². The molecular formula is C15H21N3O3. The Hall–Kier alpha value is -2.08. The fourth-order valence-electron chi connectivity index (χ4n) is 1.86. The highest BCUT2D eigenvalue weighted by atomic mass is 16.5. The van der Waals surface area contributed by atoms with E-state index in [1.807, 2.05) is 18.2 Å². The average Bonchev–Trinajstić information content (AvgIpc) is 3.29. The summed E-state index contributed by atoms with van der Waals surface area (Å²) in [6.45, 7) is 1.86. The second-order valence-electron chi connectivity index (χ2n) is 5.17. The van der Waals surface area contributed by atoms with Crippen LogP contribution in [-0.4, -0.2) is 30.5 Å². The Labute approximate surface area is 124 Å². The number of amides is 2. The highest BCUT2D eigenvalue weighted by molar-refractivity contribution is 5.88. The van der Waals surface area contributed by atoms with Gasteiger partial charge in [0.15, 0.2) is 6.61 Å². The molecule has 1 unspecified atom stereocenters. The van der Waals surface area contributed by atoms with Gasteiger partial charge in [0.1, 0.15) is 11.8 Å². The summed E-state index contributed by atoms with van der Waals surface area (Å²) < 4.78 is 5.44. The van der Waals surface area contributed by atoms with Crippen molar-refractivity contribution in [2.24, 2.45) is 5.73 Å². The summed E-state index contributed by atoms with van der Waals surface area (Å²) in [6.07, 6.45) is 2.04. The van der Waals surface area contributed by atoms with Gasteiger partial charge >= 0.3 is 0 Å². The topological polar surface area (TPSA) is 93.4 Å². The minimum absolute atomic E-state index is 0.141. The lowest BCUT2D eigenvalue weighted by Gasteiger charge is -2.15. The van der Waals surface area contributed by atoms with E-state index in [0.29, 0.717) is 12.3 Å². The van der Waals surface area contributed by atoms with Crippen LogP contribution < -0.4 is 21.1 Å². The lowest BCUT2D eigenvalue weighted by molar-refractivity contribution is -0.129. The standard InChI is InChI=1S/C15H21N3O3/c1-10(15(20)18-12-6-7-12)17-14(19)9-21-13-5-3-2-4-11(13)8-16/h2-5,10,12H,6-9,16H2,1H3,(H,17,19)(H,18,20). The number of carbonyl (C=O) groups is 2. The first-order valence-corrected chi connectivity index (χ1v) is 7.10. The van der Waals surface area contributed by atoms with Crippen LogP contribution in [0.3, 0.4) is 0 Å². The maximum absolute atomic E-state index is 11.8. The zero-order chi connectivity index (χ0) is 15.2. The first-order valence-electron chi connectivity index (χ1n) is 7.10. The third-order valence-electron chi connectivity index (χ3n) is 3.25. The number of hydrogen-bond donors (Lipinski definition) is 3. The quantitative estimate of drug-likeness (QED) is 0.674. The summed E-state index contributed by atoms with van der Waals surface area (Å²) in [5, 5.41) is 5.45. The van der Waals surface area contributed by atoms with Crippen molar-refractivity contribution in [2.45, 2.75) is 38.4 Å². The van der Waals surface area contributed by atoms with Crippen molar-refractivity contribution in [2.75, 3.05) is 6.61 Å². The smallest absolute Gasteiger partial charge is 0.258 e. The van der Waals surface area contributed by atoms with Gasteiger partial charge in [-0.3, -0.25) is 9.59 Å². The van der Waals surface area contributed by atoms with Crippen LogP contribution in [0, 0.1) is 0 Å². The van der Waals surface area contributed by atoms with E-state index >= 15 is 0 Å². The molecule has 114 valence electrons. The SMILES string of the molecule is CC(NC(=O)COc1ccccc1CN)C(=O)NC1CC1. The molecule has 1 atom stereocenters. The first kappa shape index (κ1) is 15.3. The summed E-state index contributed by atoms with van der Waals surface area (Å²) >= 11 is 0. The van der Waals surface area contributed by atoms with Gasteiger partial charge in [0.2, 0.25) is 5.91 Å². The summed E-state index contributed by atoms with van der Waals surface area (Å²) in [5.74, 6) is 0.0960. The molecule has 0 spiro atoms. The number of para-hydroxylation sites is 1. The Morgan fingerprint density at radius 3 is 2.76 bits per heavy atom. The lowest BCUT2D eigenvalue weighted by atomic mass is 10.2. The fourth-order valence-corrected chi connectivity index (χ4v) is 1.86. The number of nitrogens with two attached hydrogens (primary N) is 1. The van der Waals surface area contributed by atoms with Gasteiger partial charge in [0.25, 0.3) is 5.91 Å². The fraction of sp³-hybridized carbons (Fsp3) is 0.467. The van der Waals surface area contributed by atoms with Gasteiger partial charge in [0, 0.05) is 18.2 Å². The zero-order valence-electron chi connectivity index (χ0n) is 12.1. The number of nitrogens with one attached hydrogen (secondary N) is 2. The van der Waals surface area contributed by atoms with Crippen molar-refractivity contribution in [3.05, 3.63) is 29.8 Å². The molecular weight excluding hydrogens is 270 g/mol. The molecule has 4 N–H and O–H groups in total. The molecule has 1 fully saturated rings. The van der Waals surface area contributed by atoms with Gasteiger partial charge in [-0.15, -0.1) is 0 Å².